The molecule has 30 heavy (non-hydrogen) atoms. The van der Waals surface area contributed by atoms with Gasteiger partial charge in [0, 0.05) is 26.6 Å². The number of fused-ring (bicyclic) bond motifs is 1. The molecule has 0 spiro atoms. The maximum Gasteiger partial charge on any atom is 0.261 e. The highest BCUT2D eigenvalue weighted by Gasteiger charge is 2.35. The van der Waals surface area contributed by atoms with E-state index in [2.05, 4.69) is 5.32 Å². The van der Waals surface area contributed by atoms with Crippen molar-refractivity contribution in [3.8, 4) is 0 Å². The zero-order valence-electron chi connectivity index (χ0n) is 17.1. The summed E-state index contributed by atoms with van der Waals surface area (Å²) in [5.41, 5.74) is 1.71. The molecule has 0 radical (unpaired) electrons. The van der Waals surface area contributed by atoms with Crippen molar-refractivity contribution >= 4 is 23.6 Å². The molecule has 1 aliphatic rings. The van der Waals surface area contributed by atoms with Crippen LogP contribution >= 0.6 is 0 Å². The minimum Gasteiger partial charge on any atom is -0.357 e. The molecule has 0 saturated carbocycles. The summed E-state index contributed by atoms with van der Waals surface area (Å²) in [6.07, 6.45) is 0.456. The molecule has 0 fully saturated rings. The fourth-order valence-corrected chi connectivity index (χ4v) is 3.55. The molecule has 0 saturated heterocycles. The number of amides is 4. The quantitative estimate of drug-likeness (QED) is 0.680. The van der Waals surface area contributed by atoms with Gasteiger partial charge >= 0.3 is 0 Å². The van der Waals surface area contributed by atoms with Crippen LogP contribution in [0.4, 0.5) is 0 Å². The van der Waals surface area contributed by atoms with Crippen molar-refractivity contribution in [3.05, 3.63) is 71.3 Å². The highest BCUT2D eigenvalue weighted by Crippen LogP contribution is 2.23. The first-order chi connectivity index (χ1) is 14.4. The molecular weight excluding hydrogens is 382 g/mol. The van der Waals surface area contributed by atoms with Gasteiger partial charge in [0.2, 0.25) is 11.8 Å². The number of hydrogen-bond donors (Lipinski definition) is 1. The van der Waals surface area contributed by atoms with Crippen molar-refractivity contribution in [2.75, 3.05) is 13.6 Å². The van der Waals surface area contributed by atoms with Crippen LogP contribution in [-0.4, -0.2) is 53.1 Å². The van der Waals surface area contributed by atoms with Gasteiger partial charge in [0.05, 0.1) is 11.1 Å². The Morgan fingerprint density at radius 2 is 1.53 bits per heavy atom. The van der Waals surface area contributed by atoms with E-state index in [9.17, 15) is 19.2 Å². The summed E-state index contributed by atoms with van der Waals surface area (Å²) in [4.78, 5) is 52.7. The van der Waals surface area contributed by atoms with E-state index in [1.54, 1.807) is 31.2 Å². The van der Waals surface area contributed by atoms with Crippen molar-refractivity contribution in [1.29, 1.82) is 0 Å². The Morgan fingerprint density at radius 1 is 0.967 bits per heavy atom. The van der Waals surface area contributed by atoms with Crippen LogP contribution in [0.15, 0.2) is 54.6 Å². The van der Waals surface area contributed by atoms with Gasteiger partial charge in [0.1, 0.15) is 6.04 Å². The number of hydrogen-bond acceptors (Lipinski definition) is 4. The topological polar surface area (TPSA) is 86.8 Å². The number of nitrogens with one attached hydrogen (secondary N) is 1. The van der Waals surface area contributed by atoms with Crippen LogP contribution in [0.5, 0.6) is 0 Å². The fourth-order valence-electron chi connectivity index (χ4n) is 3.55. The van der Waals surface area contributed by atoms with Crippen LogP contribution in [-0.2, 0) is 16.1 Å². The highest BCUT2D eigenvalue weighted by molar-refractivity contribution is 6.21. The number of likely N-dealkylation sites (N-methyl/N-ethyl adjacent to an activating group) is 1. The summed E-state index contributed by atoms with van der Waals surface area (Å²) < 4.78 is 0. The lowest BCUT2D eigenvalue weighted by molar-refractivity contribution is -0.140. The van der Waals surface area contributed by atoms with E-state index in [-0.39, 0.29) is 36.6 Å². The van der Waals surface area contributed by atoms with E-state index in [0.717, 1.165) is 5.56 Å². The molecule has 1 N–H and O–H groups in total. The largest absolute Gasteiger partial charge is 0.357 e. The molecule has 0 aliphatic carbocycles. The molecule has 2 aromatic carbocycles. The third-order valence-electron chi connectivity index (χ3n) is 5.26. The van der Waals surface area contributed by atoms with Gasteiger partial charge in [-0.3, -0.25) is 24.1 Å². The van der Waals surface area contributed by atoms with Crippen LogP contribution in [0.25, 0.3) is 0 Å². The summed E-state index contributed by atoms with van der Waals surface area (Å²) in [5.74, 6) is -1.11. The van der Waals surface area contributed by atoms with Crippen LogP contribution < -0.4 is 5.32 Å². The molecule has 156 valence electrons. The van der Waals surface area contributed by atoms with Gasteiger partial charge in [-0.2, -0.15) is 0 Å². The Hall–Kier alpha value is -3.48. The van der Waals surface area contributed by atoms with E-state index >= 15 is 0 Å². The van der Waals surface area contributed by atoms with Gasteiger partial charge in [-0.05, 0) is 31.0 Å². The predicted octanol–water partition coefficient (Wildman–Crippen LogP) is 2.23. The Balaban J connectivity index is 1.64. The Labute approximate surface area is 175 Å². The maximum atomic E-state index is 12.9. The Bertz CT molecular complexity index is 923. The number of benzene rings is 2. The molecule has 1 atom stereocenters. The van der Waals surface area contributed by atoms with Gasteiger partial charge in [0.15, 0.2) is 0 Å². The summed E-state index contributed by atoms with van der Waals surface area (Å²) >= 11 is 0. The van der Waals surface area contributed by atoms with E-state index in [1.807, 2.05) is 30.3 Å². The standard InChI is InChI=1S/C23H25N3O4/c1-16(21(28)24-2)26(15-17-9-4-3-5-10-17)20(27)13-8-14-25-22(29)18-11-6-7-12-19(18)23(25)30/h3-7,9-12,16H,8,13-15H2,1-2H3,(H,24,28). The second kappa shape index (κ2) is 9.35. The summed E-state index contributed by atoms with van der Waals surface area (Å²) in [6, 6.07) is 15.5. The van der Waals surface area contributed by atoms with E-state index < -0.39 is 6.04 Å². The average molecular weight is 407 g/mol. The molecule has 2 aromatic rings. The van der Waals surface area contributed by atoms with Crippen molar-refractivity contribution < 1.29 is 19.2 Å². The smallest absolute Gasteiger partial charge is 0.261 e. The lowest BCUT2D eigenvalue weighted by Gasteiger charge is -2.28. The minimum absolute atomic E-state index is 0.127. The first-order valence-electron chi connectivity index (χ1n) is 9.94. The average Bonchev–Trinajstić information content (AvgIpc) is 3.02. The first-order valence-corrected chi connectivity index (χ1v) is 9.94. The van der Waals surface area contributed by atoms with E-state index in [4.69, 9.17) is 0 Å². The number of carbonyl (C=O) groups excluding carboxylic acids is 4. The lowest BCUT2D eigenvalue weighted by Crippen LogP contribution is -2.46. The minimum atomic E-state index is -0.637. The fraction of sp³-hybridized carbons (Fsp3) is 0.304. The normalized spacial score (nSPS) is 13.7. The van der Waals surface area contributed by atoms with Crippen LogP contribution in [0, 0.1) is 0 Å². The van der Waals surface area contributed by atoms with Gasteiger partial charge < -0.3 is 10.2 Å². The molecule has 4 amide bonds. The highest BCUT2D eigenvalue weighted by atomic mass is 16.2. The van der Waals surface area contributed by atoms with Gasteiger partial charge in [0.25, 0.3) is 11.8 Å². The number of carbonyl (C=O) groups is 4. The second-order valence-electron chi connectivity index (χ2n) is 7.21. The third kappa shape index (κ3) is 4.40. The van der Waals surface area contributed by atoms with E-state index in [0.29, 0.717) is 24.1 Å². The zero-order chi connectivity index (χ0) is 21.7. The zero-order valence-corrected chi connectivity index (χ0v) is 17.1. The molecule has 0 bridgehead atoms. The van der Waals surface area contributed by atoms with Gasteiger partial charge in [-0.1, -0.05) is 42.5 Å². The number of imide groups is 1. The third-order valence-corrected chi connectivity index (χ3v) is 5.26. The predicted molar refractivity (Wildman–Crippen MR) is 112 cm³/mol. The van der Waals surface area contributed by atoms with Crippen LogP contribution in [0.1, 0.15) is 46.0 Å². The van der Waals surface area contributed by atoms with Gasteiger partial charge in [-0.25, -0.2) is 0 Å². The van der Waals surface area contributed by atoms with Crippen molar-refractivity contribution in [3.63, 3.8) is 0 Å². The number of nitrogens with zero attached hydrogens (tertiary/aromatic N) is 2. The van der Waals surface area contributed by atoms with Crippen molar-refractivity contribution in [2.45, 2.75) is 32.4 Å². The number of rotatable bonds is 8. The van der Waals surface area contributed by atoms with Crippen LogP contribution in [0.2, 0.25) is 0 Å². The lowest BCUT2D eigenvalue weighted by atomic mass is 10.1. The van der Waals surface area contributed by atoms with Gasteiger partial charge in [-0.15, -0.1) is 0 Å². The summed E-state index contributed by atoms with van der Waals surface area (Å²) in [6.45, 7) is 2.15. The molecule has 0 aromatic heterocycles. The Morgan fingerprint density at radius 3 is 2.10 bits per heavy atom. The first kappa shape index (κ1) is 21.2. The molecule has 7 nitrogen and oxygen atoms in total. The molecular formula is C23H25N3O4. The molecule has 1 heterocycles. The van der Waals surface area contributed by atoms with Crippen molar-refractivity contribution in [1.82, 2.24) is 15.1 Å². The SMILES string of the molecule is CNC(=O)C(C)N(Cc1ccccc1)C(=O)CCCN1C(=O)c2ccccc2C1=O. The molecule has 1 aliphatic heterocycles. The monoisotopic (exact) mass is 407 g/mol. The second-order valence-corrected chi connectivity index (χ2v) is 7.21. The van der Waals surface area contributed by atoms with Crippen LogP contribution in [0.3, 0.4) is 0 Å². The molecule has 3 rings (SSSR count). The summed E-state index contributed by atoms with van der Waals surface area (Å²) in [7, 11) is 1.53. The van der Waals surface area contributed by atoms with Crippen molar-refractivity contribution in [2.24, 2.45) is 0 Å². The maximum absolute atomic E-state index is 12.9. The molecule has 1 unspecified atom stereocenters. The Kier molecular flexibility index (Phi) is 6.61. The summed E-state index contributed by atoms with van der Waals surface area (Å²) in [5, 5.41) is 2.58. The molecule has 7 heteroatoms. The van der Waals surface area contributed by atoms with E-state index in [1.165, 1.54) is 16.8 Å².